The van der Waals surface area contributed by atoms with Gasteiger partial charge >= 0.3 is 0 Å². The summed E-state index contributed by atoms with van der Waals surface area (Å²) in [5.74, 6) is 0. The van der Waals surface area contributed by atoms with E-state index in [1.165, 1.54) is 36.6 Å². The van der Waals surface area contributed by atoms with Gasteiger partial charge in [0.05, 0.1) is 9.82 Å². The topological polar surface area (TPSA) is 92.5 Å². The van der Waals surface area contributed by atoms with Crippen molar-refractivity contribution < 1.29 is 13.3 Å². The highest BCUT2D eigenvalue weighted by Gasteiger charge is 2.26. The van der Waals surface area contributed by atoms with Gasteiger partial charge in [0, 0.05) is 26.2 Å². The zero-order valence-corrected chi connectivity index (χ0v) is 13.5. The van der Waals surface area contributed by atoms with Gasteiger partial charge in [0.25, 0.3) is 5.69 Å². The van der Waals surface area contributed by atoms with Crippen molar-refractivity contribution in [3.8, 4) is 0 Å². The second kappa shape index (κ2) is 6.86. The third-order valence-corrected chi connectivity index (χ3v) is 5.41. The Hall–Kier alpha value is -1.67. The fourth-order valence-corrected chi connectivity index (χ4v) is 3.46. The summed E-state index contributed by atoms with van der Waals surface area (Å²) < 4.78 is 26.4. The van der Waals surface area contributed by atoms with Gasteiger partial charge in [0.15, 0.2) is 0 Å². The fraction of sp³-hybridized carbons (Fsp3) is 0.538. The molecule has 0 fully saturated rings. The van der Waals surface area contributed by atoms with Gasteiger partial charge in [-0.1, -0.05) is 13.3 Å². The van der Waals surface area contributed by atoms with Crippen LogP contribution in [-0.2, 0) is 10.0 Å². The third-order valence-electron chi connectivity index (χ3n) is 3.44. The number of rotatable bonds is 7. The fourth-order valence-electron chi connectivity index (χ4n) is 2.04. The number of hydrogen-bond donors (Lipinski definition) is 1. The predicted octanol–water partition coefficient (Wildman–Crippen LogP) is 2.45. The lowest BCUT2D eigenvalue weighted by Gasteiger charge is -2.24. The second-order valence-electron chi connectivity index (χ2n) is 4.85. The average molecular weight is 315 g/mol. The first-order chi connectivity index (χ1) is 9.75. The molecule has 0 aliphatic carbocycles. The van der Waals surface area contributed by atoms with E-state index in [2.05, 4.69) is 5.32 Å². The number of hydrogen-bond acceptors (Lipinski definition) is 5. The first kappa shape index (κ1) is 17.4. The molecule has 1 unspecified atom stereocenters. The molecule has 7 nitrogen and oxygen atoms in total. The lowest BCUT2D eigenvalue weighted by atomic mass is 10.2. The average Bonchev–Trinajstić information content (AvgIpc) is 2.45. The lowest BCUT2D eigenvalue weighted by Crippen LogP contribution is -2.35. The maximum atomic E-state index is 12.5. The summed E-state index contributed by atoms with van der Waals surface area (Å²) >= 11 is 0. The Balaban J connectivity index is 3.23. The molecule has 0 aliphatic rings. The summed E-state index contributed by atoms with van der Waals surface area (Å²) in [5.41, 5.74) is 0.0262. The molecule has 1 aromatic carbocycles. The Bertz CT molecular complexity index is 616. The van der Waals surface area contributed by atoms with Gasteiger partial charge < -0.3 is 5.32 Å². The van der Waals surface area contributed by atoms with E-state index in [-0.39, 0.29) is 22.3 Å². The Labute approximate surface area is 125 Å². The van der Waals surface area contributed by atoms with Crippen LogP contribution in [-0.4, -0.2) is 37.8 Å². The number of nitro groups is 1. The molecule has 0 saturated heterocycles. The molecule has 1 atom stereocenters. The number of nitrogens with zero attached hydrogens (tertiary/aromatic N) is 2. The molecule has 0 bridgehead atoms. The number of sulfonamides is 1. The molecule has 0 heterocycles. The van der Waals surface area contributed by atoms with E-state index in [4.69, 9.17) is 0 Å². The number of anilines is 1. The summed E-state index contributed by atoms with van der Waals surface area (Å²) in [4.78, 5) is 10.4. The summed E-state index contributed by atoms with van der Waals surface area (Å²) in [6, 6.07) is 3.64. The van der Waals surface area contributed by atoms with Crippen molar-refractivity contribution in [1.29, 1.82) is 0 Å². The van der Waals surface area contributed by atoms with Crippen LogP contribution in [0.5, 0.6) is 0 Å². The molecule has 1 rings (SSSR count). The molecule has 118 valence electrons. The Morgan fingerprint density at radius 2 is 2.05 bits per heavy atom. The van der Waals surface area contributed by atoms with Gasteiger partial charge in [0.1, 0.15) is 5.69 Å². The predicted molar refractivity (Wildman–Crippen MR) is 82.0 cm³/mol. The van der Waals surface area contributed by atoms with Crippen LogP contribution >= 0.6 is 0 Å². The number of nitrogens with one attached hydrogen (secondary N) is 1. The maximum Gasteiger partial charge on any atom is 0.292 e. The third kappa shape index (κ3) is 3.70. The summed E-state index contributed by atoms with van der Waals surface area (Å²) in [5, 5.41) is 13.5. The van der Waals surface area contributed by atoms with E-state index >= 15 is 0 Å². The van der Waals surface area contributed by atoms with Crippen LogP contribution in [0.1, 0.15) is 26.7 Å². The molecule has 0 spiro atoms. The molecule has 0 aliphatic heterocycles. The zero-order chi connectivity index (χ0) is 16.2. The largest absolute Gasteiger partial charge is 0.383 e. The van der Waals surface area contributed by atoms with E-state index in [1.807, 2.05) is 13.8 Å². The second-order valence-corrected chi connectivity index (χ2v) is 6.84. The van der Waals surface area contributed by atoms with Gasteiger partial charge in [-0.15, -0.1) is 0 Å². The highest BCUT2D eigenvalue weighted by molar-refractivity contribution is 7.89. The van der Waals surface area contributed by atoms with Crippen LogP contribution in [0.25, 0.3) is 0 Å². The quantitative estimate of drug-likeness (QED) is 0.616. The van der Waals surface area contributed by atoms with E-state index in [1.54, 1.807) is 0 Å². The lowest BCUT2D eigenvalue weighted by molar-refractivity contribution is -0.384. The first-order valence-corrected chi connectivity index (χ1v) is 8.14. The van der Waals surface area contributed by atoms with Crippen molar-refractivity contribution in [3.05, 3.63) is 28.3 Å². The van der Waals surface area contributed by atoms with Crippen molar-refractivity contribution in [3.63, 3.8) is 0 Å². The standard InChI is InChI=1S/C13H21N3O4S/c1-5-6-10(2)15(4)21(19,20)11-7-8-13(16(17)18)12(9-11)14-3/h7-10,14H,5-6H2,1-4H3. The molecular weight excluding hydrogens is 294 g/mol. The minimum absolute atomic E-state index is 0.0444. The molecule has 0 radical (unpaired) electrons. The molecule has 1 N–H and O–H groups in total. The first-order valence-electron chi connectivity index (χ1n) is 6.69. The Kier molecular flexibility index (Phi) is 5.68. The van der Waals surface area contributed by atoms with Crippen molar-refractivity contribution in [2.75, 3.05) is 19.4 Å². The van der Waals surface area contributed by atoms with E-state index in [0.717, 1.165) is 12.8 Å². The van der Waals surface area contributed by atoms with Gasteiger partial charge in [0.2, 0.25) is 10.0 Å². The van der Waals surface area contributed by atoms with Crippen LogP contribution in [0.4, 0.5) is 11.4 Å². The van der Waals surface area contributed by atoms with Crippen LogP contribution in [0.2, 0.25) is 0 Å². The van der Waals surface area contributed by atoms with Crippen molar-refractivity contribution in [2.24, 2.45) is 0 Å². The molecule has 0 aromatic heterocycles. The summed E-state index contributed by atoms with van der Waals surface area (Å²) in [7, 11) is -0.625. The molecule has 0 saturated carbocycles. The maximum absolute atomic E-state index is 12.5. The van der Waals surface area contributed by atoms with Gasteiger partial charge in [-0.05, 0) is 25.5 Å². The zero-order valence-electron chi connectivity index (χ0n) is 12.7. The van der Waals surface area contributed by atoms with E-state index in [0.29, 0.717) is 0 Å². The molecule has 21 heavy (non-hydrogen) atoms. The SMILES string of the molecule is CCCC(C)N(C)S(=O)(=O)c1ccc([N+](=O)[O-])c(NC)c1. The van der Waals surface area contributed by atoms with E-state index in [9.17, 15) is 18.5 Å². The number of nitro benzene ring substituents is 1. The normalized spacial score (nSPS) is 13.2. The molecular formula is C13H21N3O4S. The van der Waals surface area contributed by atoms with Crippen LogP contribution in [0.3, 0.4) is 0 Å². The molecule has 0 amide bonds. The van der Waals surface area contributed by atoms with Crippen molar-refractivity contribution in [1.82, 2.24) is 4.31 Å². The Morgan fingerprint density at radius 3 is 2.52 bits per heavy atom. The van der Waals surface area contributed by atoms with Gasteiger partial charge in [-0.25, -0.2) is 8.42 Å². The highest BCUT2D eigenvalue weighted by Crippen LogP contribution is 2.28. The molecule has 1 aromatic rings. The van der Waals surface area contributed by atoms with Gasteiger partial charge in [-0.2, -0.15) is 4.31 Å². The summed E-state index contributed by atoms with van der Waals surface area (Å²) in [6.45, 7) is 3.83. The van der Waals surface area contributed by atoms with Crippen LogP contribution < -0.4 is 5.32 Å². The number of benzene rings is 1. The van der Waals surface area contributed by atoms with Crippen LogP contribution in [0.15, 0.2) is 23.1 Å². The summed E-state index contributed by atoms with van der Waals surface area (Å²) in [6.07, 6.45) is 1.63. The monoisotopic (exact) mass is 315 g/mol. The minimum atomic E-state index is -3.66. The highest BCUT2D eigenvalue weighted by atomic mass is 32.2. The van der Waals surface area contributed by atoms with E-state index < -0.39 is 14.9 Å². The van der Waals surface area contributed by atoms with Crippen molar-refractivity contribution >= 4 is 21.4 Å². The smallest absolute Gasteiger partial charge is 0.292 e. The van der Waals surface area contributed by atoms with Crippen molar-refractivity contribution in [2.45, 2.75) is 37.6 Å². The Morgan fingerprint density at radius 1 is 1.43 bits per heavy atom. The van der Waals surface area contributed by atoms with Gasteiger partial charge in [-0.3, -0.25) is 10.1 Å². The minimum Gasteiger partial charge on any atom is -0.383 e. The van der Waals surface area contributed by atoms with Crippen LogP contribution in [0, 0.1) is 10.1 Å². The molecule has 8 heteroatoms.